The number of nitrogens with two attached hydrogens (primary N) is 2. The van der Waals surface area contributed by atoms with Crippen LogP contribution in [0.5, 0.6) is 0 Å². The number of carbonyl (C=O) groups excluding carboxylic acids is 2. The summed E-state index contributed by atoms with van der Waals surface area (Å²) in [7, 11) is 0. The van der Waals surface area contributed by atoms with E-state index in [1.165, 1.54) is 0 Å². The van der Waals surface area contributed by atoms with E-state index in [4.69, 9.17) is 26.4 Å². The van der Waals surface area contributed by atoms with Crippen LogP contribution in [-0.4, -0.2) is 61.2 Å². The highest BCUT2D eigenvalue weighted by atomic mass is 16.6. The molecule has 0 aliphatic carbocycles. The SMILES string of the molecule is CC(COC(=O)CN)OC(=O)CN.OCCO. The van der Waals surface area contributed by atoms with Gasteiger partial charge in [0.15, 0.2) is 0 Å². The zero-order valence-corrected chi connectivity index (χ0v) is 9.80. The number of ether oxygens (including phenoxy) is 2. The second-order valence-corrected chi connectivity index (χ2v) is 2.84. The Kier molecular flexibility index (Phi) is 13.7. The van der Waals surface area contributed by atoms with E-state index >= 15 is 0 Å². The predicted octanol–water partition coefficient (Wildman–Crippen LogP) is -2.65. The summed E-state index contributed by atoms with van der Waals surface area (Å²) in [5.74, 6) is -1.06. The van der Waals surface area contributed by atoms with Gasteiger partial charge in [-0.2, -0.15) is 0 Å². The molecule has 1 atom stereocenters. The van der Waals surface area contributed by atoms with E-state index in [1.807, 2.05) is 0 Å². The average molecular weight is 252 g/mol. The Balaban J connectivity index is 0. The van der Waals surface area contributed by atoms with Crippen molar-refractivity contribution in [3.05, 3.63) is 0 Å². The van der Waals surface area contributed by atoms with Crippen LogP contribution in [0.15, 0.2) is 0 Å². The van der Waals surface area contributed by atoms with Gasteiger partial charge in [0, 0.05) is 0 Å². The first-order valence-electron chi connectivity index (χ1n) is 4.98. The molecular weight excluding hydrogens is 232 g/mol. The standard InChI is InChI=1S/C7H14N2O4.C2H6O2/c1-5(13-7(11)3-9)4-12-6(10)2-8;3-1-2-4/h5H,2-4,8-9H2,1H3;3-4H,1-2H2. The third kappa shape index (κ3) is 14.8. The van der Waals surface area contributed by atoms with E-state index in [1.54, 1.807) is 6.92 Å². The van der Waals surface area contributed by atoms with Gasteiger partial charge in [0.05, 0.1) is 26.3 Å². The smallest absolute Gasteiger partial charge is 0.320 e. The molecule has 0 bridgehead atoms. The summed E-state index contributed by atoms with van der Waals surface area (Å²) in [6.45, 7) is 0.978. The molecule has 17 heavy (non-hydrogen) atoms. The van der Waals surface area contributed by atoms with Gasteiger partial charge < -0.3 is 31.2 Å². The van der Waals surface area contributed by atoms with Gasteiger partial charge in [0.25, 0.3) is 0 Å². The van der Waals surface area contributed by atoms with Crippen molar-refractivity contribution in [1.82, 2.24) is 0 Å². The molecule has 0 saturated carbocycles. The normalized spacial score (nSPS) is 10.9. The highest BCUT2D eigenvalue weighted by Crippen LogP contribution is 1.92. The molecule has 0 fully saturated rings. The first kappa shape index (κ1) is 18.2. The molecule has 0 rings (SSSR count). The van der Waals surface area contributed by atoms with Crippen molar-refractivity contribution < 1.29 is 29.3 Å². The molecule has 1 unspecified atom stereocenters. The maximum absolute atomic E-state index is 10.6. The molecule has 0 saturated heterocycles. The van der Waals surface area contributed by atoms with Crippen LogP contribution in [-0.2, 0) is 19.1 Å². The first-order valence-corrected chi connectivity index (χ1v) is 4.98. The number of hydrogen-bond donors (Lipinski definition) is 4. The molecule has 8 heteroatoms. The highest BCUT2D eigenvalue weighted by Gasteiger charge is 2.09. The molecule has 0 radical (unpaired) electrons. The maximum atomic E-state index is 10.6. The van der Waals surface area contributed by atoms with Gasteiger partial charge in [-0.05, 0) is 6.92 Å². The van der Waals surface area contributed by atoms with Crippen molar-refractivity contribution in [2.24, 2.45) is 11.5 Å². The molecule has 0 aromatic carbocycles. The van der Waals surface area contributed by atoms with Gasteiger partial charge in [0.2, 0.25) is 0 Å². The van der Waals surface area contributed by atoms with Gasteiger partial charge in [-0.1, -0.05) is 0 Å². The van der Waals surface area contributed by atoms with Crippen LogP contribution in [0.25, 0.3) is 0 Å². The van der Waals surface area contributed by atoms with E-state index < -0.39 is 18.0 Å². The van der Waals surface area contributed by atoms with Gasteiger partial charge >= 0.3 is 11.9 Å². The van der Waals surface area contributed by atoms with E-state index in [-0.39, 0.29) is 32.9 Å². The van der Waals surface area contributed by atoms with E-state index in [0.717, 1.165) is 0 Å². The summed E-state index contributed by atoms with van der Waals surface area (Å²) >= 11 is 0. The van der Waals surface area contributed by atoms with E-state index in [0.29, 0.717) is 0 Å². The number of carbonyl (C=O) groups is 2. The number of esters is 2. The lowest BCUT2D eigenvalue weighted by Gasteiger charge is -2.12. The quantitative estimate of drug-likeness (QED) is 0.375. The Morgan fingerprint density at radius 2 is 1.59 bits per heavy atom. The second-order valence-electron chi connectivity index (χ2n) is 2.84. The second kappa shape index (κ2) is 12.8. The molecule has 0 aromatic rings. The summed E-state index contributed by atoms with van der Waals surface area (Å²) in [5.41, 5.74) is 9.98. The topological polar surface area (TPSA) is 145 Å². The average Bonchev–Trinajstić information content (AvgIpc) is 2.35. The van der Waals surface area contributed by atoms with Crippen LogP contribution in [0, 0.1) is 0 Å². The minimum atomic E-state index is -0.532. The Labute approximate surface area is 99.5 Å². The summed E-state index contributed by atoms with van der Waals surface area (Å²) in [4.78, 5) is 21.2. The van der Waals surface area contributed by atoms with Crippen molar-refractivity contribution in [2.45, 2.75) is 13.0 Å². The van der Waals surface area contributed by atoms with Crippen molar-refractivity contribution in [2.75, 3.05) is 32.9 Å². The zero-order valence-electron chi connectivity index (χ0n) is 9.80. The number of hydrogen-bond acceptors (Lipinski definition) is 8. The van der Waals surface area contributed by atoms with Gasteiger partial charge in [-0.3, -0.25) is 9.59 Å². The predicted molar refractivity (Wildman–Crippen MR) is 58.8 cm³/mol. The minimum absolute atomic E-state index is 0.00176. The van der Waals surface area contributed by atoms with Crippen LogP contribution in [0.2, 0.25) is 0 Å². The molecule has 0 heterocycles. The molecular formula is C9H20N2O6. The minimum Gasteiger partial charge on any atom is -0.461 e. The number of rotatable bonds is 6. The van der Waals surface area contributed by atoms with Crippen LogP contribution in [0.1, 0.15) is 6.92 Å². The zero-order chi connectivity index (χ0) is 13.7. The molecule has 0 aliphatic heterocycles. The lowest BCUT2D eigenvalue weighted by atomic mass is 10.4. The van der Waals surface area contributed by atoms with Crippen molar-refractivity contribution in [3.8, 4) is 0 Å². The Morgan fingerprint density at radius 3 is 1.94 bits per heavy atom. The summed E-state index contributed by atoms with van der Waals surface area (Å²) in [6, 6.07) is 0. The summed E-state index contributed by atoms with van der Waals surface area (Å²) in [6.07, 6.45) is -0.494. The molecule has 6 N–H and O–H groups in total. The third-order valence-electron chi connectivity index (χ3n) is 1.24. The molecule has 0 spiro atoms. The number of aliphatic hydroxyl groups excluding tert-OH is 2. The monoisotopic (exact) mass is 252 g/mol. The fourth-order valence-corrected chi connectivity index (χ4v) is 0.576. The summed E-state index contributed by atoms with van der Waals surface area (Å²) < 4.78 is 9.33. The van der Waals surface area contributed by atoms with E-state index in [9.17, 15) is 9.59 Å². The van der Waals surface area contributed by atoms with Crippen LogP contribution in [0.3, 0.4) is 0 Å². The fourth-order valence-electron chi connectivity index (χ4n) is 0.576. The Bertz CT molecular complexity index is 210. The van der Waals surface area contributed by atoms with Crippen molar-refractivity contribution in [3.63, 3.8) is 0 Å². The van der Waals surface area contributed by atoms with Gasteiger partial charge in [0.1, 0.15) is 12.7 Å². The third-order valence-corrected chi connectivity index (χ3v) is 1.24. The van der Waals surface area contributed by atoms with E-state index in [2.05, 4.69) is 4.74 Å². The van der Waals surface area contributed by atoms with Crippen LogP contribution in [0.4, 0.5) is 0 Å². The number of aliphatic hydroxyl groups is 2. The molecule has 0 amide bonds. The van der Waals surface area contributed by atoms with Crippen molar-refractivity contribution in [1.29, 1.82) is 0 Å². The first-order chi connectivity index (χ1) is 8.01. The Morgan fingerprint density at radius 1 is 1.12 bits per heavy atom. The van der Waals surface area contributed by atoms with Gasteiger partial charge in [-0.15, -0.1) is 0 Å². The lowest BCUT2D eigenvalue weighted by molar-refractivity contribution is -0.156. The van der Waals surface area contributed by atoms with Gasteiger partial charge in [-0.25, -0.2) is 0 Å². The molecule has 0 aliphatic rings. The van der Waals surface area contributed by atoms with Crippen LogP contribution < -0.4 is 11.5 Å². The molecule has 8 nitrogen and oxygen atoms in total. The van der Waals surface area contributed by atoms with Crippen LogP contribution >= 0.6 is 0 Å². The molecule has 102 valence electrons. The fraction of sp³-hybridized carbons (Fsp3) is 0.778. The van der Waals surface area contributed by atoms with Crippen molar-refractivity contribution >= 4 is 11.9 Å². The Hall–Kier alpha value is -1.22. The maximum Gasteiger partial charge on any atom is 0.320 e. The largest absolute Gasteiger partial charge is 0.461 e. The highest BCUT2D eigenvalue weighted by molar-refractivity contribution is 5.72. The summed E-state index contributed by atoms with van der Waals surface area (Å²) in [5, 5.41) is 15.2. The lowest BCUT2D eigenvalue weighted by Crippen LogP contribution is -2.27. The molecule has 0 aromatic heterocycles.